The summed E-state index contributed by atoms with van der Waals surface area (Å²) in [5.74, 6) is 0. The molecule has 0 spiro atoms. The fourth-order valence-electron chi connectivity index (χ4n) is 8.55. The van der Waals surface area contributed by atoms with Gasteiger partial charge in [-0.15, -0.1) is 0 Å². The van der Waals surface area contributed by atoms with Crippen molar-refractivity contribution in [3.05, 3.63) is 188 Å². The summed E-state index contributed by atoms with van der Waals surface area (Å²) in [5, 5.41) is 7.55. The van der Waals surface area contributed by atoms with E-state index in [1.165, 1.54) is 87.9 Å². The third kappa shape index (κ3) is 4.00. The van der Waals surface area contributed by atoms with E-state index in [9.17, 15) is 0 Å². The molecule has 0 saturated carbocycles. The predicted molar refractivity (Wildman–Crippen MR) is 215 cm³/mol. The van der Waals surface area contributed by atoms with Gasteiger partial charge in [-0.05, 0) is 66.2 Å². The number of fused-ring (bicyclic) bond motifs is 9. The molecule has 11 rings (SSSR count). The van der Waals surface area contributed by atoms with E-state index in [-0.39, 0.29) is 0 Å². The first-order valence-electron chi connectivity index (χ1n) is 17.5. The summed E-state index contributed by atoms with van der Waals surface area (Å²) in [5.41, 5.74) is 13.1. The van der Waals surface area contributed by atoms with Gasteiger partial charge >= 0.3 is 0 Å². The Morgan fingerprint density at radius 2 is 0.686 bits per heavy atom. The van der Waals surface area contributed by atoms with Crippen molar-refractivity contribution in [3.63, 3.8) is 0 Å². The lowest BCUT2D eigenvalue weighted by Crippen LogP contribution is -1.99. The van der Waals surface area contributed by atoms with E-state index in [1.807, 2.05) is 0 Å². The summed E-state index contributed by atoms with van der Waals surface area (Å²) < 4.78 is 7.31. The monoisotopic (exact) mass is 649 g/mol. The van der Waals surface area contributed by atoms with Gasteiger partial charge in [-0.1, -0.05) is 127 Å². The van der Waals surface area contributed by atoms with Gasteiger partial charge in [-0.2, -0.15) is 0 Å². The molecule has 238 valence electrons. The van der Waals surface area contributed by atoms with Crippen LogP contribution in [0.3, 0.4) is 0 Å². The Bertz CT molecular complexity index is 3040. The maximum atomic E-state index is 2.45. The molecule has 3 aromatic heterocycles. The van der Waals surface area contributed by atoms with Crippen molar-refractivity contribution in [1.82, 2.24) is 13.7 Å². The molecule has 3 nitrogen and oxygen atoms in total. The lowest BCUT2D eigenvalue weighted by Gasteiger charge is -2.16. The molecule has 0 atom stereocenters. The molecule has 8 aromatic carbocycles. The van der Waals surface area contributed by atoms with E-state index in [0.29, 0.717) is 0 Å². The minimum absolute atomic E-state index is 1.13. The molecule has 11 aromatic rings. The fourth-order valence-corrected chi connectivity index (χ4v) is 8.55. The first kappa shape index (κ1) is 28.0. The summed E-state index contributed by atoms with van der Waals surface area (Å²) in [6.45, 7) is 0. The molecule has 3 heterocycles. The molecule has 0 unspecified atom stereocenters. The van der Waals surface area contributed by atoms with Crippen LogP contribution in [-0.4, -0.2) is 13.7 Å². The second kappa shape index (κ2) is 10.8. The van der Waals surface area contributed by atoms with Crippen molar-refractivity contribution in [2.75, 3.05) is 0 Å². The first-order valence-corrected chi connectivity index (χ1v) is 17.5. The Morgan fingerprint density at radius 1 is 0.275 bits per heavy atom. The zero-order valence-corrected chi connectivity index (χ0v) is 27.7. The summed E-state index contributed by atoms with van der Waals surface area (Å²) >= 11 is 0. The molecule has 0 radical (unpaired) electrons. The molecule has 0 saturated heterocycles. The molecule has 3 heteroatoms. The van der Waals surface area contributed by atoms with E-state index in [1.54, 1.807) is 0 Å². The summed E-state index contributed by atoms with van der Waals surface area (Å²) in [4.78, 5) is 0. The van der Waals surface area contributed by atoms with Crippen LogP contribution in [0.4, 0.5) is 0 Å². The zero-order valence-electron chi connectivity index (χ0n) is 27.7. The maximum Gasteiger partial charge on any atom is 0.0562 e. The van der Waals surface area contributed by atoms with Crippen molar-refractivity contribution < 1.29 is 0 Å². The van der Waals surface area contributed by atoms with Crippen molar-refractivity contribution in [2.24, 2.45) is 0 Å². The number of nitrogens with zero attached hydrogens (tertiary/aromatic N) is 3. The minimum Gasteiger partial charge on any atom is -0.309 e. The van der Waals surface area contributed by atoms with Gasteiger partial charge in [0.25, 0.3) is 0 Å². The van der Waals surface area contributed by atoms with Crippen molar-refractivity contribution in [1.29, 1.82) is 0 Å². The minimum atomic E-state index is 1.13. The highest BCUT2D eigenvalue weighted by Gasteiger charge is 2.20. The van der Waals surface area contributed by atoms with Gasteiger partial charge in [0.05, 0.1) is 44.5 Å². The SMILES string of the molecule is c1cc(-c2ccccc2-n2c3ccccc3c3ccccc32)cc(-n2c3ccccc3c3c(-n4c5ccccc5c5ccccc54)cccc32)c1. The summed E-state index contributed by atoms with van der Waals surface area (Å²) in [7, 11) is 0. The summed E-state index contributed by atoms with van der Waals surface area (Å²) in [6.07, 6.45) is 0. The smallest absolute Gasteiger partial charge is 0.0562 e. The average Bonchev–Trinajstić information content (AvgIpc) is 3.84. The lowest BCUT2D eigenvalue weighted by atomic mass is 10.0. The highest BCUT2D eigenvalue weighted by Crippen LogP contribution is 2.41. The molecule has 0 aliphatic carbocycles. The van der Waals surface area contributed by atoms with E-state index >= 15 is 0 Å². The molecule has 0 amide bonds. The van der Waals surface area contributed by atoms with Gasteiger partial charge in [-0.3, -0.25) is 0 Å². The van der Waals surface area contributed by atoms with Crippen LogP contribution in [0.5, 0.6) is 0 Å². The molecule has 0 aliphatic rings. The Kier molecular flexibility index (Phi) is 5.96. The van der Waals surface area contributed by atoms with Crippen LogP contribution in [0, 0.1) is 0 Å². The van der Waals surface area contributed by atoms with Gasteiger partial charge in [0.2, 0.25) is 0 Å². The van der Waals surface area contributed by atoms with E-state index < -0.39 is 0 Å². The number of aromatic nitrogens is 3. The molecule has 51 heavy (non-hydrogen) atoms. The zero-order chi connectivity index (χ0) is 33.5. The third-order valence-corrected chi connectivity index (χ3v) is 10.6. The lowest BCUT2D eigenvalue weighted by molar-refractivity contribution is 1.16. The van der Waals surface area contributed by atoms with Crippen LogP contribution in [0.2, 0.25) is 0 Å². The Hall–Kier alpha value is -6.84. The van der Waals surface area contributed by atoms with Crippen LogP contribution in [0.15, 0.2) is 188 Å². The van der Waals surface area contributed by atoms with Gasteiger partial charge in [0.15, 0.2) is 0 Å². The third-order valence-electron chi connectivity index (χ3n) is 10.6. The average molecular weight is 650 g/mol. The van der Waals surface area contributed by atoms with Crippen molar-refractivity contribution in [2.45, 2.75) is 0 Å². The number of rotatable bonds is 4. The molecular weight excluding hydrogens is 619 g/mol. The molecular formula is C48H31N3. The quantitative estimate of drug-likeness (QED) is 0.180. The summed E-state index contributed by atoms with van der Waals surface area (Å²) in [6, 6.07) is 68.4. The van der Waals surface area contributed by atoms with Crippen LogP contribution in [0.25, 0.3) is 93.6 Å². The van der Waals surface area contributed by atoms with Crippen LogP contribution >= 0.6 is 0 Å². The van der Waals surface area contributed by atoms with Crippen LogP contribution in [0.1, 0.15) is 0 Å². The molecule has 0 aliphatic heterocycles. The van der Waals surface area contributed by atoms with Crippen molar-refractivity contribution >= 4 is 65.4 Å². The largest absolute Gasteiger partial charge is 0.309 e. The molecule has 0 fully saturated rings. The van der Waals surface area contributed by atoms with Crippen LogP contribution in [-0.2, 0) is 0 Å². The highest BCUT2D eigenvalue weighted by atomic mass is 15.0. The Labute approximate surface area is 294 Å². The number of hydrogen-bond donors (Lipinski definition) is 0. The van der Waals surface area contributed by atoms with E-state index in [2.05, 4.69) is 202 Å². The second-order valence-electron chi connectivity index (χ2n) is 13.3. The fraction of sp³-hybridized carbons (Fsp3) is 0. The first-order chi connectivity index (χ1) is 25.3. The predicted octanol–water partition coefficient (Wildman–Crippen LogP) is 12.6. The van der Waals surface area contributed by atoms with E-state index in [4.69, 9.17) is 0 Å². The van der Waals surface area contributed by atoms with Gasteiger partial charge in [0.1, 0.15) is 0 Å². The van der Waals surface area contributed by atoms with E-state index in [0.717, 1.165) is 5.69 Å². The van der Waals surface area contributed by atoms with Gasteiger partial charge in [0, 0.05) is 43.6 Å². The molecule has 0 bridgehead atoms. The maximum absolute atomic E-state index is 2.45. The Morgan fingerprint density at radius 3 is 1.27 bits per heavy atom. The van der Waals surface area contributed by atoms with Crippen LogP contribution < -0.4 is 0 Å². The van der Waals surface area contributed by atoms with Gasteiger partial charge < -0.3 is 13.7 Å². The van der Waals surface area contributed by atoms with Crippen molar-refractivity contribution in [3.8, 4) is 28.2 Å². The topological polar surface area (TPSA) is 14.8 Å². The number of hydrogen-bond acceptors (Lipinski definition) is 0. The standard InChI is InChI=1S/C48H31N3/c1-7-23-40(50-41-24-8-2-18-35(41)36-19-3-9-25-42(36)50)34(17-1)32-15-13-16-33(31-32)49-45-28-12-6-22-39(45)48-46(49)29-14-30-47(48)51-43-26-10-4-20-37(43)38-21-5-11-27-44(38)51/h1-31H. The second-order valence-corrected chi connectivity index (χ2v) is 13.3. The van der Waals surface area contributed by atoms with Gasteiger partial charge in [-0.25, -0.2) is 0 Å². The molecule has 0 N–H and O–H groups in total. The number of benzene rings is 8. The Balaban J connectivity index is 1.16. The highest BCUT2D eigenvalue weighted by molar-refractivity contribution is 6.16. The normalized spacial score (nSPS) is 11.9. The number of para-hydroxylation sites is 6.